The van der Waals surface area contributed by atoms with Crippen LogP contribution in [0.25, 0.3) is 0 Å². The van der Waals surface area contributed by atoms with Crippen molar-refractivity contribution in [1.82, 2.24) is 15.6 Å². The highest BCUT2D eigenvalue weighted by molar-refractivity contribution is 7.99. The second-order valence-corrected chi connectivity index (χ2v) is 7.69. The minimum Gasteiger partial charge on any atom is -0.356 e. The number of anilines is 1. The van der Waals surface area contributed by atoms with Crippen LogP contribution < -0.4 is 15.5 Å². The molecule has 6 nitrogen and oxygen atoms in total. The average Bonchev–Trinajstić information content (AvgIpc) is 3.25. The van der Waals surface area contributed by atoms with Crippen molar-refractivity contribution >= 4 is 40.2 Å². The van der Waals surface area contributed by atoms with E-state index in [0.29, 0.717) is 30.5 Å². The number of urea groups is 1. The van der Waals surface area contributed by atoms with E-state index < -0.39 is 0 Å². The Kier molecular flexibility index (Phi) is 6.45. The summed E-state index contributed by atoms with van der Waals surface area (Å²) in [6, 6.07) is 6.24. The number of nitrogens with zero attached hydrogens (tertiary/aromatic N) is 2. The molecule has 9 heteroatoms. The van der Waals surface area contributed by atoms with Crippen molar-refractivity contribution in [2.24, 2.45) is 0 Å². The van der Waals surface area contributed by atoms with Crippen LogP contribution >= 0.6 is 23.1 Å². The summed E-state index contributed by atoms with van der Waals surface area (Å²) in [6.07, 6.45) is 1.03. The zero-order valence-corrected chi connectivity index (χ0v) is 15.7. The van der Waals surface area contributed by atoms with Gasteiger partial charge in [0.2, 0.25) is 5.91 Å². The van der Waals surface area contributed by atoms with Crippen molar-refractivity contribution in [3.63, 3.8) is 0 Å². The van der Waals surface area contributed by atoms with Gasteiger partial charge in [-0.15, -0.1) is 23.1 Å². The van der Waals surface area contributed by atoms with E-state index in [1.165, 1.54) is 23.5 Å². The quantitative estimate of drug-likeness (QED) is 0.533. The molecule has 0 atom stereocenters. The van der Waals surface area contributed by atoms with Gasteiger partial charge in [-0.25, -0.2) is 14.2 Å². The van der Waals surface area contributed by atoms with Crippen LogP contribution in [0.5, 0.6) is 0 Å². The van der Waals surface area contributed by atoms with Gasteiger partial charge in [-0.3, -0.25) is 9.69 Å². The minimum absolute atomic E-state index is 0.0838. The van der Waals surface area contributed by atoms with Crippen LogP contribution in [0.3, 0.4) is 0 Å². The molecule has 1 aromatic carbocycles. The summed E-state index contributed by atoms with van der Waals surface area (Å²) in [4.78, 5) is 30.6. The number of thioether (sulfide) groups is 1. The van der Waals surface area contributed by atoms with Crippen LogP contribution in [0.1, 0.15) is 12.1 Å². The Morgan fingerprint density at radius 2 is 2.19 bits per heavy atom. The van der Waals surface area contributed by atoms with E-state index in [9.17, 15) is 14.0 Å². The number of amides is 3. The summed E-state index contributed by atoms with van der Waals surface area (Å²) < 4.78 is 12.8. The molecule has 2 N–H and O–H groups in total. The molecule has 1 aromatic heterocycles. The van der Waals surface area contributed by atoms with E-state index in [4.69, 9.17) is 0 Å². The van der Waals surface area contributed by atoms with E-state index in [2.05, 4.69) is 15.6 Å². The summed E-state index contributed by atoms with van der Waals surface area (Å²) >= 11 is 3.00. The van der Waals surface area contributed by atoms with E-state index >= 15 is 0 Å². The fourth-order valence-electron chi connectivity index (χ4n) is 2.40. The van der Waals surface area contributed by atoms with E-state index in [1.54, 1.807) is 28.8 Å². The molecule has 2 heterocycles. The molecule has 138 valence electrons. The van der Waals surface area contributed by atoms with Crippen molar-refractivity contribution in [3.05, 3.63) is 41.2 Å². The zero-order chi connectivity index (χ0) is 18.4. The fourth-order valence-corrected chi connectivity index (χ4v) is 4.11. The molecule has 1 fully saturated rings. The number of halogens is 1. The SMILES string of the molecule is O=C(Cc1csc(N2CCNC2=O)n1)NCCCSc1ccc(F)cc1. The lowest BCUT2D eigenvalue weighted by atomic mass is 10.3. The topological polar surface area (TPSA) is 74.3 Å². The predicted octanol–water partition coefficient (Wildman–Crippen LogP) is 2.65. The molecular formula is C17H19FN4O2S2. The van der Waals surface area contributed by atoms with Gasteiger partial charge in [0, 0.05) is 29.9 Å². The van der Waals surface area contributed by atoms with E-state index in [0.717, 1.165) is 17.1 Å². The van der Waals surface area contributed by atoms with Crippen LogP contribution in [0, 0.1) is 5.82 Å². The zero-order valence-electron chi connectivity index (χ0n) is 14.0. The lowest BCUT2D eigenvalue weighted by molar-refractivity contribution is -0.120. The number of aromatic nitrogens is 1. The molecule has 0 radical (unpaired) electrons. The highest BCUT2D eigenvalue weighted by Gasteiger charge is 2.23. The number of hydrogen-bond acceptors (Lipinski definition) is 5. The molecule has 1 aliphatic rings. The number of nitrogens with one attached hydrogen (secondary N) is 2. The third kappa shape index (κ3) is 5.18. The third-order valence-corrected chi connectivity index (χ3v) is 5.71. The molecular weight excluding hydrogens is 375 g/mol. The summed E-state index contributed by atoms with van der Waals surface area (Å²) in [5.74, 6) is 0.522. The normalized spacial score (nSPS) is 13.7. The van der Waals surface area contributed by atoms with Gasteiger partial charge in [0.25, 0.3) is 0 Å². The number of rotatable bonds is 8. The molecule has 0 bridgehead atoms. The Balaban J connectivity index is 1.34. The lowest BCUT2D eigenvalue weighted by Gasteiger charge is -2.08. The minimum atomic E-state index is -0.239. The molecule has 1 aliphatic heterocycles. The van der Waals surface area contributed by atoms with Crippen molar-refractivity contribution in [1.29, 1.82) is 0 Å². The maximum Gasteiger partial charge on any atom is 0.323 e. The number of carbonyl (C=O) groups excluding carboxylic acids is 2. The lowest BCUT2D eigenvalue weighted by Crippen LogP contribution is -2.28. The molecule has 0 saturated carbocycles. The van der Waals surface area contributed by atoms with Crippen molar-refractivity contribution in [3.8, 4) is 0 Å². The predicted molar refractivity (Wildman–Crippen MR) is 101 cm³/mol. The van der Waals surface area contributed by atoms with Gasteiger partial charge < -0.3 is 10.6 Å². The molecule has 3 rings (SSSR count). The average molecular weight is 394 g/mol. The van der Waals surface area contributed by atoms with Crippen molar-refractivity contribution < 1.29 is 14.0 Å². The summed E-state index contributed by atoms with van der Waals surface area (Å²) in [6.45, 7) is 1.80. The van der Waals surface area contributed by atoms with Gasteiger partial charge >= 0.3 is 6.03 Å². The summed E-state index contributed by atoms with van der Waals surface area (Å²) in [5.41, 5.74) is 0.669. The standard InChI is InChI=1S/C17H19FN4O2S2/c18-12-2-4-14(5-3-12)25-9-1-6-19-15(23)10-13-11-26-17(21-13)22-8-7-20-16(22)24/h2-5,11H,1,6-10H2,(H,19,23)(H,20,24). The molecule has 0 aliphatic carbocycles. The molecule has 26 heavy (non-hydrogen) atoms. The number of benzene rings is 1. The second kappa shape index (κ2) is 9.00. The molecule has 2 aromatic rings. The van der Waals surface area contributed by atoms with E-state index in [1.807, 2.05) is 5.38 Å². The van der Waals surface area contributed by atoms with Crippen molar-refractivity contribution in [2.45, 2.75) is 17.7 Å². The van der Waals surface area contributed by atoms with Gasteiger partial charge in [0.15, 0.2) is 5.13 Å². The van der Waals surface area contributed by atoms with Gasteiger partial charge in [-0.05, 0) is 36.4 Å². The molecule has 1 saturated heterocycles. The highest BCUT2D eigenvalue weighted by atomic mass is 32.2. The van der Waals surface area contributed by atoms with E-state index in [-0.39, 0.29) is 24.2 Å². The van der Waals surface area contributed by atoms with Crippen LogP contribution in [0.15, 0.2) is 34.5 Å². The Hall–Kier alpha value is -2.13. The molecule has 0 spiro atoms. The smallest absolute Gasteiger partial charge is 0.323 e. The Morgan fingerprint density at radius 1 is 1.38 bits per heavy atom. The Morgan fingerprint density at radius 3 is 2.92 bits per heavy atom. The van der Waals surface area contributed by atoms with Crippen molar-refractivity contribution in [2.75, 3.05) is 30.3 Å². The monoisotopic (exact) mass is 394 g/mol. The Labute approximate surface area is 159 Å². The summed E-state index contributed by atoms with van der Waals surface area (Å²) in [7, 11) is 0. The van der Waals surface area contributed by atoms with Crippen LogP contribution in [-0.4, -0.2) is 42.3 Å². The first-order chi connectivity index (χ1) is 12.6. The Bertz CT molecular complexity index is 766. The molecule has 0 unspecified atom stereocenters. The number of carbonyl (C=O) groups is 2. The first kappa shape index (κ1) is 18.7. The molecule has 3 amide bonds. The summed E-state index contributed by atoms with van der Waals surface area (Å²) in [5, 5.41) is 8.03. The number of thiazole rings is 1. The van der Waals surface area contributed by atoms with Gasteiger partial charge in [0.05, 0.1) is 12.1 Å². The van der Waals surface area contributed by atoms with Crippen LogP contribution in [0.2, 0.25) is 0 Å². The third-order valence-electron chi connectivity index (χ3n) is 3.69. The van der Waals surface area contributed by atoms with Gasteiger partial charge in [-0.1, -0.05) is 0 Å². The first-order valence-electron chi connectivity index (χ1n) is 8.26. The first-order valence-corrected chi connectivity index (χ1v) is 10.1. The van der Waals surface area contributed by atoms with Crippen LogP contribution in [0.4, 0.5) is 14.3 Å². The van der Waals surface area contributed by atoms with Crippen LogP contribution in [-0.2, 0) is 11.2 Å². The second-order valence-electron chi connectivity index (χ2n) is 5.69. The van der Waals surface area contributed by atoms with Gasteiger partial charge in [0.1, 0.15) is 5.82 Å². The fraction of sp³-hybridized carbons (Fsp3) is 0.353. The largest absolute Gasteiger partial charge is 0.356 e. The number of hydrogen-bond donors (Lipinski definition) is 2. The van der Waals surface area contributed by atoms with Gasteiger partial charge in [-0.2, -0.15) is 0 Å². The highest BCUT2D eigenvalue weighted by Crippen LogP contribution is 2.22. The maximum atomic E-state index is 12.8. The maximum absolute atomic E-state index is 12.8.